The summed E-state index contributed by atoms with van der Waals surface area (Å²) < 4.78 is 0. The van der Waals surface area contributed by atoms with Crippen LogP contribution in [0.4, 0.5) is 0 Å². The Hall–Kier alpha value is -0.570. The zero-order chi connectivity index (χ0) is 11.7. The minimum atomic E-state index is 0.209. The smallest absolute Gasteiger partial charge is 0.227 e. The summed E-state index contributed by atoms with van der Waals surface area (Å²) in [6.07, 6.45) is 2.63. The zero-order valence-corrected chi connectivity index (χ0v) is 10.7. The SMILES string of the molecule is CC(C)N(CC1CC1)C(=O)[C@@H]1CNC[C@H]1C. The predicted molar refractivity (Wildman–Crippen MR) is 65.1 cm³/mol. The van der Waals surface area contributed by atoms with Crippen molar-refractivity contribution in [1.82, 2.24) is 10.2 Å². The third kappa shape index (κ3) is 2.57. The number of hydrogen-bond donors (Lipinski definition) is 1. The van der Waals surface area contributed by atoms with Crippen molar-refractivity contribution in [3.8, 4) is 0 Å². The average Bonchev–Trinajstić information content (AvgIpc) is 2.95. The van der Waals surface area contributed by atoms with Gasteiger partial charge < -0.3 is 10.2 Å². The summed E-state index contributed by atoms with van der Waals surface area (Å²) in [5.74, 6) is 1.87. The normalized spacial score (nSPS) is 29.8. The maximum atomic E-state index is 12.4. The van der Waals surface area contributed by atoms with Gasteiger partial charge in [-0.1, -0.05) is 6.92 Å². The highest BCUT2D eigenvalue weighted by molar-refractivity contribution is 5.80. The lowest BCUT2D eigenvalue weighted by Crippen LogP contribution is -2.44. The number of carbonyl (C=O) groups excluding carboxylic acids is 1. The highest BCUT2D eigenvalue weighted by Crippen LogP contribution is 2.31. The number of carbonyl (C=O) groups is 1. The second kappa shape index (κ2) is 4.74. The Bertz CT molecular complexity index is 261. The summed E-state index contributed by atoms with van der Waals surface area (Å²) in [6, 6.07) is 0.348. The molecule has 2 rings (SSSR count). The molecule has 0 aromatic carbocycles. The lowest BCUT2D eigenvalue weighted by atomic mass is 9.96. The van der Waals surface area contributed by atoms with Gasteiger partial charge in [-0.15, -0.1) is 0 Å². The van der Waals surface area contributed by atoms with Crippen LogP contribution >= 0.6 is 0 Å². The number of nitrogens with zero attached hydrogens (tertiary/aromatic N) is 1. The monoisotopic (exact) mass is 224 g/mol. The van der Waals surface area contributed by atoms with Gasteiger partial charge in [0.05, 0.1) is 5.92 Å². The van der Waals surface area contributed by atoms with Crippen molar-refractivity contribution >= 4 is 5.91 Å². The fourth-order valence-corrected chi connectivity index (χ4v) is 2.49. The highest BCUT2D eigenvalue weighted by Gasteiger charge is 2.36. The molecule has 0 aromatic rings. The Morgan fingerprint density at radius 2 is 2.06 bits per heavy atom. The zero-order valence-electron chi connectivity index (χ0n) is 10.7. The quantitative estimate of drug-likeness (QED) is 0.784. The van der Waals surface area contributed by atoms with Gasteiger partial charge >= 0.3 is 0 Å². The maximum Gasteiger partial charge on any atom is 0.227 e. The minimum Gasteiger partial charge on any atom is -0.340 e. The molecule has 0 aromatic heterocycles. The first-order valence-electron chi connectivity index (χ1n) is 6.60. The van der Waals surface area contributed by atoms with Crippen LogP contribution < -0.4 is 5.32 Å². The fourth-order valence-electron chi connectivity index (χ4n) is 2.49. The van der Waals surface area contributed by atoms with Crippen LogP contribution in [0.15, 0.2) is 0 Å². The third-order valence-electron chi connectivity index (χ3n) is 3.89. The highest BCUT2D eigenvalue weighted by atomic mass is 16.2. The van der Waals surface area contributed by atoms with Crippen molar-refractivity contribution < 1.29 is 4.79 Å². The summed E-state index contributed by atoms with van der Waals surface area (Å²) >= 11 is 0. The molecule has 2 atom stereocenters. The van der Waals surface area contributed by atoms with Crippen LogP contribution in [0, 0.1) is 17.8 Å². The molecule has 1 aliphatic carbocycles. The van der Waals surface area contributed by atoms with Crippen molar-refractivity contribution in [2.75, 3.05) is 19.6 Å². The van der Waals surface area contributed by atoms with Gasteiger partial charge in [-0.05, 0) is 45.1 Å². The molecule has 2 aliphatic rings. The van der Waals surface area contributed by atoms with Gasteiger partial charge in [0.25, 0.3) is 0 Å². The van der Waals surface area contributed by atoms with E-state index in [1.54, 1.807) is 0 Å². The number of amides is 1. The Labute approximate surface area is 98.6 Å². The van der Waals surface area contributed by atoms with Gasteiger partial charge in [-0.25, -0.2) is 0 Å². The van der Waals surface area contributed by atoms with E-state index in [0.29, 0.717) is 17.9 Å². The van der Waals surface area contributed by atoms with Crippen molar-refractivity contribution in [3.63, 3.8) is 0 Å². The molecule has 1 N–H and O–H groups in total. The molecule has 1 aliphatic heterocycles. The maximum absolute atomic E-state index is 12.4. The average molecular weight is 224 g/mol. The molecule has 92 valence electrons. The van der Waals surface area contributed by atoms with E-state index < -0.39 is 0 Å². The van der Waals surface area contributed by atoms with Crippen molar-refractivity contribution in [2.45, 2.75) is 39.7 Å². The molecular weight excluding hydrogens is 200 g/mol. The van der Waals surface area contributed by atoms with E-state index in [0.717, 1.165) is 25.6 Å². The van der Waals surface area contributed by atoms with Crippen LogP contribution in [0.25, 0.3) is 0 Å². The number of rotatable bonds is 4. The van der Waals surface area contributed by atoms with E-state index in [2.05, 4.69) is 31.0 Å². The van der Waals surface area contributed by atoms with Gasteiger partial charge in [0, 0.05) is 19.1 Å². The molecule has 1 amide bonds. The molecule has 0 radical (unpaired) electrons. The lowest BCUT2D eigenvalue weighted by Gasteiger charge is -2.30. The van der Waals surface area contributed by atoms with E-state index in [-0.39, 0.29) is 5.92 Å². The molecule has 0 spiro atoms. The predicted octanol–water partition coefficient (Wildman–Crippen LogP) is 1.49. The van der Waals surface area contributed by atoms with Crippen LogP contribution in [-0.2, 0) is 4.79 Å². The van der Waals surface area contributed by atoms with Crippen LogP contribution in [0.3, 0.4) is 0 Å². The van der Waals surface area contributed by atoms with E-state index in [1.165, 1.54) is 12.8 Å². The first kappa shape index (κ1) is 11.9. The molecule has 3 nitrogen and oxygen atoms in total. The standard InChI is InChI=1S/C13H24N2O/c1-9(2)15(8-11-4-5-11)13(16)12-7-14-6-10(12)3/h9-12,14H,4-8H2,1-3H3/t10-,12-/m1/s1. The molecule has 0 unspecified atom stereocenters. The van der Waals surface area contributed by atoms with E-state index >= 15 is 0 Å². The first-order chi connectivity index (χ1) is 7.59. The Kier molecular flexibility index (Phi) is 3.53. The number of nitrogens with one attached hydrogen (secondary N) is 1. The van der Waals surface area contributed by atoms with Gasteiger partial charge in [0.2, 0.25) is 5.91 Å². The van der Waals surface area contributed by atoms with Crippen molar-refractivity contribution in [1.29, 1.82) is 0 Å². The molecule has 0 bridgehead atoms. The van der Waals surface area contributed by atoms with Gasteiger partial charge in [0.15, 0.2) is 0 Å². The largest absolute Gasteiger partial charge is 0.340 e. The molecule has 1 saturated carbocycles. The Morgan fingerprint density at radius 3 is 2.50 bits per heavy atom. The van der Waals surface area contributed by atoms with E-state index in [4.69, 9.17) is 0 Å². The fraction of sp³-hybridized carbons (Fsp3) is 0.923. The van der Waals surface area contributed by atoms with Crippen LogP contribution in [0.1, 0.15) is 33.6 Å². The second-order valence-corrected chi connectivity index (χ2v) is 5.77. The van der Waals surface area contributed by atoms with E-state index in [9.17, 15) is 4.79 Å². The lowest BCUT2D eigenvalue weighted by molar-refractivity contribution is -0.138. The molecule has 1 heterocycles. The molecular formula is C13H24N2O. The summed E-state index contributed by atoms with van der Waals surface area (Å²) in [6.45, 7) is 9.29. The van der Waals surface area contributed by atoms with Crippen LogP contribution in [-0.4, -0.2) is 36.5 Å². The van der Waals surface area contributed by atoms with Crippen molar-refractivity contribution in [3.05, 3.63) is 0 Å². The molecule has 2 fully saturated rings. The molecule has 3 heteroatoms. The van der Waals surface area contributed by atoms with Gasteiger partial charge in [-0.2, -0.15) is 0 Å². The van der Waals surface area contributed by atoms with Crippen molar-refractivity contribution in [2.24, 2.45) is 17.8 Å². The topological polar surface area (TPSA) is 32.3 Å². The summed E-state index contributed by atoms with van der Waals surface area (Å²) in [5.41, 5.74) is 0. The van der Waals surface area contributed by atoms with E-state index in [1.807, 2.05) is 0 Å². The Morgan fingerprint density at radius 1 is 1.38 bits per heavy atom. The minimum absolute atomic E-state index is 0.209. The van der Waals surface area contributed by atoms with Gasteiger partial charge in [-0.3, -0.25) is 4.79 Å². The summed E-state index contributed by atoms with van der Waals surface area (Å²) in [7, 11) is 0. The number of hydrogen-bond acceptors (Lipinski definition) is 2. The van der Waals surface area contributed by atoms with Gasteiger partial charge in [0.1, 0.15) is 0 Å². The third-order valence-corrected chi connectivity index (χ3v) is 3.89. The first-order valence-corrected chi connectivity index (χ1v) is 6.60. The summed E-state index contributed by atoms with van der Waals surface area (Å²) in [5, 5.41) is 3.32. The summed E-state index contributed by atoms with van der Waals surface area (Å²) in [4.78, 5) is 14.5. The second-order valence-electron chi connectivity index (χ2n) is 5.77. The van der Waals surface area contributed by atoms with Crippen LogP contribution in [0.5, 0.6) is 0 Å². The Balaban J connectivity index is 1.97. The molecule has 1 saturated heterocycles. The molecule has 16 heavy (non-hydrogen) atoms. The van der Waals surface area contributed by atoms with Crippen LogP contribution in [0.2, 0.25) is 0 Å².